The third-order valence-corrected chi connectivity index (χ3v) is 6.16. The van der Waals surface area contributed by atoms with E-state index in [2.05, 4.69) is 70.7 Å². The number of ether oxygens (including phenoxy) is 1. The minimum absolute atomic E-state index is 0.275. The van der Waals surface area contributed by atoms with Gasteiger partial charge in [-0.3, -0.25) is 0 Å². The Morgan fingerprint density at radius 1 is 1.19 bits per heavy atom. The number of nitrogens with zero attached hydrogens (tertiary/aromatic N) is 2. The fourth-order valence-electron chi connectivity index (χ4n) is 3.37. The quantitative estimate of drug-likeness (QED) is 0.648. The van der Waals surface area contributed by atoms with Gasteiger partial charge in [-0.05, 0) is 74.6 Å². The molecule has 1 aliphatic heterocycles. The van der Waals surface area contributed by atoms with Crippen molar-refractivity contribution < 1.29 is 4.74 Å². The van der Waals surface area contributed by atoms with Gasteiger partial charge in [0, 0.05) is 42.5 Å². The van der Waals surface area contributed by atoms with Gasteiger partial charge in [0.2, 0.25) is 0 Å². The van der Waals surface area contributed by atoms with Crippen LogP contribution in [0.2, 0.25) is 0 Å². The van der Waals surface area contributed by atoms with Gasteiger partial charge < -0.3 is 19.9 Å². The second kappa shape index (κ2) is 10.1. The van der Waals surface area contributed by atoms with Crippen LogP contribution >= 0.6 is 23.6 Å². The van der Waals surface area contributed by atoms with Gasteiger partial charge in [0.15, 0.2) is 5.11 Å². The molecule has 0 bridgehead atoms. The Hall–Kier alpha value is -1.63. The molecule has 1 atom stereocenters. The normalized spacial score (nSPS) is 16.3. The third-order valence-electron chi connectivity index (χ3n) is 4.93. The Morgan fingerprint density at radius 3 is 2.52 bits per heavy atom. The van der Waals surface area contributed by atoms with E-state index in [0.29, 0.717) is 0 Å². The van der Waals surface area contributed by atoms with Crippen LogP contribution in [0.5, 0.6) is 0 Å². The van der Waals surface area contributed by atoms with E-state index in [9.17, 15) is 0 Å². The van der Waals surface area contributed by atoms with E-state index in [1.165, 1.54) is 10.6 Å². The second-order valence-corrected chi connectivity index (χ2v) is 8.09. The number of thiophene rings is 1. The smallest absolute Gasteiger partial charge is 0.173 e. The standard InChI is InChI=1S/C21H29N3OS2/c1-3-23(4-2)17-9-11-18(12-10-17)24(16-20-8-6-14-27-20)21(26)22-15-19-7-5-13-25-19/h6,8-12,14,19H,3-5,7,13,15-16H2,1-2H3,(H,22,26)/t19-/m1/s1. The van der Waals surface area contributed by atoms with Gasteiger partial charge in [0.1, 0.15) is 0 Å². The molecule has 6 heteroatoms. The summed E-state index contributed by atoms with van der Waals surface area (Å²) < 4.78 is 5.72. The van der Waals surface area contributed by atoms with Crippen molar-refractivity contribution >= 4 is 40.0 Å². The van der Waals surface area contributed by atoms with E-state index in [-0.39, 0.29) is 6.10 Å². The van der Waals surface area contributed by atoms with E-state index in [0.717, 1.165) is 56.4 Å². The summed E-state index contributed by atoms with van der Waals surface area (Å²) in [5, 5.41) is 6.29. The maximum Gasteiger partial charge on any atom is 0.173 e. The molecular formula is C21H29N3OS2. The molecule has 2 heterocycles. The lowest BCUT2D eigenvalue weighted by Gasteiger charge is -2.27. The molecule has 146 valence electrons. The molecular weight excluding hydrogens is 374 g/mol. The number of hydrogen-bond donors (Lipinski definition) is 1. The van der Waals surface area contributed by atoms with Crippen molar-refractivity contribution in [1.82, 2.24) is 5.32 Å². The largest absolute Gasteiger partial charge is 0.376 e. The van der Waals surface area contributed by atoms with Crippen LogP contribution in [0.3, 0.4) is 0 Å². The zero-order chi connectivity index (χ0) is 19.1. The number of hydrogen-bond acceptors (Lipinski definition) is 4. The van der Waals surface area contributed by atoms with Gasteiger partial charge in [-0.1, -0.05) is 6.07 Å². The molecule has 0 saturated carbocycles. The van der Waals surface area contributed by atoms with E-state index in [4.69, 9.17) is 17.0 Å². The first-order chi connectivity index (χ1) is 13.2. The summed E-state index contributed by atoms with van der Waals surface area (Å²) in [6, 6.07) is 13.0. The maximum absolute atomic E-state index is 5.75. The van der Waals surface area contributed by atoms with E-state index < -0.39 is 0 Å². The summed E-state index contributed by atoms with van der Waals surface area (Å²) in [6.07, 6.45) is 2.53. The van der Waals surface area contributed by atoms with E-state index in [1.54, 1.807) is 11.3 Å². The predicted octanol–water partition coefficient (Wildman–Crippen LogP) is 4.65. The Morgan fingerprint density at radius 2 is 1.93 bits per heavy atom. The average molecular weight is 404 g/mol. The first kappa shape index (κ1) is 20.1. The summed E-state index contributed by atoms with van der Waals surface area (Å²) >= 11 is 7.51. The van der Waals surface area contributed by atoms with Crippen LogP contribution in [-0.4, -0.2) is 37.5 Å². The molecule has 0 spiro atoms. The van der Waals surface area contributed by atoms with Crippen LogP contribution < -0.4 is 15.1 Å². The molecule has 1 aliphatic rings. The number of anilines is 2. The van der Waals surface area contributed by atoms with Gasteiger partial charge >= 0.3 is 0 Å². The summed E-state index contributed by atoms with van der Waals surface area (Å²) in [5.41, 5.74) is 2.36. The van der Waals surface area contributed by atoms with Crippen LogP contribution in [0, 0.1) is 0 Å². The number of nitrogens with one attached hydrogen (secondary N) is 1. The second-order valence-electron chi connectivity index (χ2n) is 6.68. The van der Waals surface area contributed by atoms with Crippen LogP contribution in [0.1, 0.15) is 31.6 Å². The van der Waals surface area contributed by atoms with Crippen LogP contribution in [0.4, 0.5) is 11.4 Å². The average Bonchev–Trinajstić information content (AvgIpc) is 3.40. The van der Waals surface area contributed by atoms with Crippen LogP contribution in [0.15, 0.2) is 41.8 Å². The topological polar surface area (TPSA) is 27.7 Å². The maximum atomic E-state index is 5.75. The van der Waals surface area contributed by atoms with E-state index in [1.807, 2.05) is 0 Å². The van der Waals surface area contributed by atoms with Crippen molar-refractivity contribution in [3.8, 4) is 0 Å². The summed E-state index contributed by atoms with van der Waals surface area (Å²) in [6.45, 7) is 8.81. The molecule has 0 aliphatic carbocycles. The summed E-state index contributed by atoms with van der Waals surface area (Å²) in [7, 11) is 0. The Labute approximate surface area is 172 Å². The van der Waals surface area contributed by atoms with Crippen molar-refractivity contribution in [1.29, 1.82) is 0 Å². The van der Waals surface area contributed by atoms with Gasteiger partial charge in [-0.15, -0.1) is 11.3 Å². The van der Waals surface area contributed by atoms with Crippen molar-refractivity contribution in [2.45, 2.75) is 39.3 Å². The first-order valence-electron chi connectivity index (χ1n) is 9.75. The van der Waals surface area contributed by atoms with Crippen molar-refractivity contribution in [3.63, 3.8) is 0 Å². The Balaban J connectivity index is 1.73. The molecule has 0 radical (unpaired) electrons. The molecule has 1 N–H and O–H groups in total. The summed E-state index contributed by atoms with van der Waals surface area (Å²) in [5.74, 6) is 0. The van der Waals surface area contributed by atoms with Crippen LogP contribution in [0.25, 0.3) is 0 Å². The lowest BCUT2D eigenvalue weighted by molar-refractivity contribution is 0.114. The number of benzene rings is 1. The molecule has 3 rings (SSSR count). The predicted molar refractivity (Wildman–Crippen MR) is 120 cm³/mol. The summed E-state index contributed by atoms with van der Waals surface area (Å²) in [4.78, 5) is 5.83. The van der Waals surface area contributed by atoms with Gasteiger partial charge in [-0.25, -0.2) is 0 Å². The molecule has 1 saturated heterocycles. The van der Waals surface area contributed by atoms with E-state index >= 15 is 0 Å². The Kier molecular flexibility index (Phi) is 7.50. The molecule has 2 aromatic rings. The highest BCUT2D eigenvalue weighted by Crippen LogP contribution is 2.24. The fourth-order valence-corrected chi connectivity index (χ4v) is 4.32. The first-order valence-corrected chi connectivity index (χ1v) is 11.0. The molecule has 1 fully saturated rings. The molecule has 0 amide bonds. The molecule has 27 heavy (non-hydrogen) atoms. The van der Waals surface area contributed by atoms with Crippen LogP contribution in [-0.2, 0) is 11.3 Å². The zero-order valence-corrected chi connectivity index (χ0v) is 17.8. The molecule has 0 unspecified atom stereocenters. The molecule has 1 aromatic carbocycles. The lowest BCUT2D eigenvalue weighted by atomic mass is 10.2. The fraction of sp³-hybridized carbons (Fsp3) is 0.476. The van der Waals surface area contributed by atoms with Gasteiger partial charge in [-0.2, -0.15) is 0 Å². The highest BCUT2D eigenvalue weighted by atomic mass is 32.1. The minimum atomic E-state index is 0.275. The van der Waals surface area contributed by atoms with Gasteiger partial charge in [0.05, 0.1) is 12.6 Å². The zero-order valence-electron chi connectivity index (χ0n) is 16.2. The molecule has 4 nitrogen and oxygen atoms in total. The third kappa shape index (κ3) is 5.43. The lowest BCUT2D eigenvalue weighted by Crippen LogP contribution is -2.42. The highest BCUT2D eigenvalue weighted by molar-refractivity contribution is 7.80. The highest BCUT2D eigenvalue weighted by Gasteiger charge is 2.18. The molecule has 1 aromatic heterocycles. The number of rotatable bonds is 8. The van der Waals surface area contributed by atoms with Gasteiger partial charge in [0.25, 0.3) is 0 Å². The Bertz CT molecular complexity index is 693. The monoisotopic (exact) mass is 403 g/mol. The number of thiocarbonyl (C=S) groups is 1. The SMILES string of the molecule is CCN(CC)c1ccc(N(Cc2cccs2)C(=S)NC[C@H]2CCCO2)cc1. The van der Waals surface area contributed by atoms with Crippen molar-refractivity contribution in [3.05, 3.63) is 46.7 Å². The van der Waals surface area contributed by atoms with Crippen molar-refractivity contribution in [2.75, 3.05) is 36.0 Å². The minimum Gasteiger partial charge on any atom is -0.376 e. The van der Waals surface area contributed by atoms with Crippen molar-refractivity contribution in [2.24, 2.45) is 0 Å².